The summed E-state index contributed by atoms with van der Waals surface area (Å²) in [6.45, 7) is 15.5. The molecule has 0 aliphatic rings. The lowest BCUT2D eigenvalue weighted by Gasteiger charge is -2.24. The van der Waals surface area contributed by atoms with Gasteiger partial charge in [-0.15, -0.1) is 0 Å². The summed E-state index contributed by atoms with van der Waals surface area (Å²) >= 11 is 0. The molecule has 0 saturated heterocycles. The van der Waals surface area contributed by atoms with E-state index in [2.05, 4.69) is 206 Å². The van der Waals surface area contributed by atoms with E-state index < -0.39 is 0 Å². The van der Waals surface area contributed by atoms with Gasteiger partial charge in [-0.05, 0) is 179 Å². The highest BCUT2D eigenvalue weighted by Gasteiger charge is 2.30. The Bertz CT molecular complexity index is 8450. The van der Waals surface area contributed by atoms with E-state index in [9.17, 15) is 13.2 Å². The third-order valence-electron chi connectivity index (χ3n) is 26.1. The van der Waals surface area contributed by atoms with Crippen molar-refractivity contribution in [3.63, 3.8) is 0 Å². The Hall–Kier alpha value is -19.1. The summed E-state index contributed by atoms with van der Waals surface area (Å²) in [5.41, 5.74) is 34.1. The Labute approximate surface area is 864 Å². The van der Waals surface area contributed by atoms with Crippen LogP contribution in [0, 0.1) is 65.9 Å². The van der Waals surface area contributed by atoms with Gasteiger partial charge in [0.2, 0.25) is 6.71 Å². The number of hydrogen-bond donors (Lipinski definition) is 0. The fourth-order valence-corrected chi connectivity index (χ4v) is 18.8. The molecule has 0 unspecified atom stereocenters. The van der Waals surface area contributed by atoms with E-state index >= 15 is 0 Å². The van der Waals surface area contributed by atoms with Crippen molar-refractivity contribution < 1.29 is 13.2 Å². The SMILES string of the molecule is Cc1ccc(-c2nc(-c3ccc(F)cc3)nc(-c3ccc(-c4ccc(B(c5c(C)cc(C)cc5C)c5c(C)cc(C)cc5C)cc4)cc3)n2)cc1.Fc1ccc(-c2nc(-c3ccccc3)nc(-c3cccc(-c4ccc(-c5nc(-c6ccccc6)cc(-c6ccccc6)n5)cc4)c3)n2)cc1.Fc1ccc(-c2nc(-c3ccccc3)nc(-c3cccc(-c4cccc(-c5nc(-c6ccccc6)nc(-c6ccccc6)n5)c4)c3)n2)cc1. The van der Waals surface area contributed by atoms with Crippen molar-refractivity contribution in [1.82, 2.24) is 69.8 Å². The van der Waals surface area contributed by atoms with Crippen LogP contribution in [0.4, 0.5) is 13.2 Å². The highest BCUT2D eigenvalue weighted by atomic mass is 19.1. The fraction of sp³-hybridized carbons (Fsp3) is 0.0534. The Balaban J connectivity index is 0.000000131. The predicted octanol–water partition coefficient (Wildman–Crippen LogP) is 29.7. The molecular formula is C131H96BF3N14. The number of halogens is 3. The molecule has 0 atom stereocenters. The average molecular weight is 1930 g/mol. The van der Waals surface area contributed by atoms with Gasteiger partial charge >= 0.3 is 0 Å². The number of rotatable bonds is 21. The fourth-order valence-electron chi connectivity index (χ4n) is 18.8. The molecule has 714 valence electrons. The van der Waals surface area contributed by atoms with Crippen LogP contribution in [0.3, 0.4) is 0 Å². The van der Waals surface area contributed by atoms with E-state index in [1.807, 2.05) is 224 Å². The van der Waals surface area contributed by atoms with Gasteiger partial charge in [0.25, 0.3) is 0 Å². The first kappa shape index (κ1) is 96.1. The first-order valence-corrected chi connectivity index (χ1v) is 49.3. The minimum absolute atomic E-state index is 0.129. The van der Waals surface area contributed by atoms with Gasteiger partial charge in [0, 0.05) is 83.5 Å². The molecule has 18 heteroatoms. The van der Waals surface area contributed by atoms with E-state index in [1.54, 1.807) is 36.4 Å². The van der Waals surface area contributed by atoms with E-state index in [1.165, 1.54) is 86.2 Å². The Morgan fingerprint density at radius 3 is 0.584 bits per heavy atom. The first-order valence-electron chi connectivity index (χ1n) is 49.3. The molecule has 0 bridgehead atoms. The van der Waals surface area contributed by atoms with Gasteiger partial charge in [0.15, 0.2) is 75.7 Å². The maximum atomic E-state index is 13.8. The van der Waals surface area contributed by atoms with Gasteiger partial charge in [-0.1, -0.05) is 413 Å². The minimum atomic E-state index is -0.319. The Morgan fingerprint density at radius 2 is 0.322 bits per heavy atom. The highest BCUT2D eigenvalue weighted by molar-refractivity contribution is 6.96. The normalized spacial score (nSPS) is 11.0. The second-order valence-corrected chi connectivity index (χ2v) is 36.8. The van der Waals surface area contributed by atoms with E-state index in [0.717, 1.165) is 123 Å². The lowest BCUT2D eigenvalue weighted by molar-refractivity contribution is 0.627. The summed E-state index contributed by atoms with van der Waals surface area (Å²) in [4.78, 5) is 68.0. The van der Waals surface area contributed by atoms with Crippen molar-refractivity contribution in [2.24, 2.45) is 0 Å². The number of aryl methyl sites for hydroxylation is 7. The summed E-state index contributed by atoms with van der Waals surface area (Å²) in [5, 5.41) is 0. The average Bonchev–Trinajstić information content (AvgIpc) is 0.755. The Kier molecular flexibility index (Phi) is 28.1. The second-order valence-electron chi connectivity index (χ2n) is 36.8. The van der Waals surface area contributed by atoms with Gasteiger partial charge < -0.3 is 0 Å². The first-order chi connectivity index (χ1) is 72.8. The zero-order chi connectivity index (χ0) is 102. The number of nitrogens with zero attached hydrogens (tertiary/aromatic N) is 14. The second kappa shape index (κ2) is 43.6. The van der Waals surface area contributed by atoms with Crippen molar-refractivity contribution in [3.05, 3.63) is 511 Å². The molecule has 18 aromatic carbocycles. The van der Waals surface area contributed by atoms with Crippen LogP contribution in [-0.2, 0) is 0 Å². The van der Waals surface area contributed by atoms with Gasteiger partial charge in [0.1, 0.15) is 17.5 Å². The molecule has 5 aromatic heterocycles. The molecule has 23 rings (SSSR count). The van der Waals surface area contributed by atoms with Crippen LogP contribution in [0.2, 0.25) is 0 Å². The lowest BCUT2D eigenvalue weighted by Crippen LogP contribution is -2.55. The van der Waals surface area contributed by atoms with Crippen LogP contribution in [0.5, 0.6) is 0 Å². The van der Waals surface area contributed by atoms with Gasteiger partial charge in [-0.25, -0.2) is 82.9 Å². The Morgan fingerprint density at radius 1 is 0.141 bits per heavy atom. The van der Waals surface area contributed by atoms with E-state index in [0.29, 0.717) is 86.8 Å². The molecular weight excluding hydrogens is 1840 g/mol. The number of hydrogen-bond acceptors (Lipinski definition) is 14. The zero-order valence-corrected chi connectivity index (χ0v) is 82.8. The summed E-state index contributed by atoms with van der Waals surface area (Å²) < 4.78 is 41.3. The molecule has 0 N–H and O–H groups in total. The molecule has 0 radical (unpaired) electrons. The maximum Gasteiger partial charge on any atom is 0.242 e. The summed E-state index contributed by atoms with van der Waals surface area (Å²) in [7, 11) is 0. The smallest absolute Gasteiger partial charge is 0.228 e. The number of aromatic nitrogens is 14. The molecule has 0 spiro atoms. The number of benzene rings is 18. The van der Waals surface area contributed by atoms with Crippen molar-refractivity contribution in [2.75, 3.05) is 0 Å². The van der Waals surface area contributed by atoms with Crippen molar-refractivity contribution >= 4 is 23.1 Å². The van der Waals surface area contributed by atoms with Crippen LogP contribution in [0.15, 0.2) is 455 Å². The third-order valence-corrected chi connectivity index (χ3v) is 26.1. The van der Waals surface area contributed by atoms with Crippen molar-refractivity contribution in [3.8, 4) is 204 Å². The minimum Gasteiger partial charge on any atom is -0.228 e. The third kappa shape index (κ3) is 22.3. The van der Waals surface area contributed by atoms with Gasteiger partial charge in [0.05, 0.1) is 11.4 Å². The van der Waals surface area contributed by atoms with Gasteiger partial charge in [-0.3, -0.25) is 0 Å². The molecule has 0 saturated carbocycles. The quantitative estimate of drug-likeness (QED) is 0.0620. The topological polar surface area (TPSA) is 180 Å². The molecule has 23 aromatic rings. The predicted molar refractivity (Wildman–Crippen MR) is 597 cm³/mol. The molecule has 0 aliphatic carbocycles. The van der Waals surface area contributed by atoms with Crippen LogP contribution >= 0.6 is 0 Å². The van der Waals surface area contributed by atoms with Gasteiger partial charge in [-0.2, -0.15) is 0 Å². The monoisotopic (exact) mass is 1930 g/mol. The molecule has 5 heterocycles. The van der Waals surface area contributed by atoms with Crippen LogP contribution in [-0.4, -0.2) is 76.5 Å². The molecule has 149 heavy (non-hydrogen) atoms. The standard InChI is InChI=1S/C46H41BFN3.C43H28FN5.C42H27FN6/c1-28-8-10-37(11-9-28)44-49-45(51-46(50-44)39-18-22-41(48)23-19-39)38-14-12-35(13-15-38)36-16-20-40(21-17-36)47(42-31(4)24-29(2)25-32(42)5)43-33(6)26-30(3)27-34(43)7;44-37-25-23-34(24-26-37)42-47-41(32-15-8-3-9-16-32)48-43(49-42)36-18-10-17-35(27-36)29-19-21-33(22-20-29)40-45-38(30-11-4-1-5-12-30)28-39(46-40)31-13-6-2-7-14-31;43-36-24-22-31(23-25-36)40-45-39(30-16-8-3-9-17-30)48-42(49-40)35-21-11-19-33(27-35)32-18-10-20-34(26-32)41-46-37(28-12-4-1-5-13-28)44-38(47-41)29-14-6-2-7-15-29/h8-27H,1-7H3;1-28H;1-27H. The molecule has 0 amide bonds. The van der Waals surface area contributed by atoms with E-state index in [-0.39, 0.29) is 24.2 Å². The van der Waals surface area contributed by atoms with Crippen LogP contribution in [0.25, 0.3) is 204 Å². The van der Waals surface area contributed by atoms with E-state index in [4.69, 9.17) is 69.8 Å². The van der Waals surface area contributed by atoms with Crippen LogP contribution < -0.4 is 16.4 Å². The zero-order valence-electron chi connectivity index (χ0n) is 82.8. The summed E-state index contributed by atoms with van der Waals surface area (Å²) in [6.07, 6.45) is 0. The summed E-state index contributed by atoms with van der Waals surface area (Å²) in [5.74, 6) is 6.26. The molecule has 0 fully saturated rings. The molecule has 14 nitrogen and oxygen atoms in total. The largest absolute Gasteiger partial charge is 0.242 e. The summed E-state index contributed by atoms with van der Waals surface area (Å²) in [6, 6.07) is 148. The van der Waals surface area contributed by atoms with Crippen LogP contribution in [0.1, 0.15) is 38.9 Å². The van der Waals surface area contributed by atoms with Crippen molar-refractivity contribution in [2.45, 2.75) is 48.5 Å². The highest BCUT2D eigenvalue weighted by Crippen LogP contribution is 2.38. The molecule has 0 aliphatic heterocycles. The lowest BCUT2D eigenvalue weighted by atomic mass is 9.34. The maximum absolute atomic E-state index is 13.8. The van der Waals surface area contributed by atoms with Crippen molar-refractivity contribution in [1.29, 1.82) is 0 Å².